The average Bonchev–Trinajstić information content (AvgIpc) is 2.77. The number of hydrogen-bond donors (Lipinski definition) is 2. The van der Waals surface area contributed by atoms with Crippen LogP contribution in [0.25, 0.3) is 0 Å². The Labute approximate surface area is 115 Å². The molecule has 100 valence electrons. The number of nitrogens with one attached hydrogen (secondary N) is 2. The van der Waals surface area contributed by atoms with E-state index in [1.165, 1.54) is 0 Å². The molecule has 1 aromatic carbocycles. The van der Waals surface area contributed by atoms with Crippen molar-refractivity contribution in [1.82, 2.24) is 10.2 Å². The van der Waals surface area contributed by atoms with Gasteiger partial charge in [0, 0.05) is 11.8 Å². The molecule has 1 amide bonds. The molecule has 1 heterocycles. The molecule has 0 bridgehead atoms. The van der Waals surface area contributed by atoms with Crippen molar-refractivity contribution in [3.8, 4) is 5.75 Å². The van der Waals surface area contributed by atoms with Gasteiger partial charge in [0.25, 0.3) is 5.91 Å². The standard InChI is InChI=1S/C13H14ClN3O2/c1-8-7-12(17-16-8)15-13(18)9(2)19-11-6-4-3-5-10(11)14/h3-7,9H,1-2H3,(H2,15,16,17,18)/t9-/m1/s1. The fraction of sp³-hybridized carbons (Fsp3) is 0.231. The van der Waals surface area contributed by atoms with Gasteiger partial charge in [-0.3, -0.25) is 9.89 Å². The number of carbonyl (C=O) groups is 1. The van der Waals surface area contributed by atoms with Gasteiger partial charge in [0.15, 0.2) is 11.9 Å². The number of anilines is 1. The van der Waals surface area contributed by atoms with Crippen molar-refractivity contribution in [2.24, 2.45) is 0 Å². The van der Waals surface area contributed by atoms with Crippen molar-refractivity contribution in [2.75, 3.05) is 5.32 Å². The lowest BCUT2D eigenvalue weighted by Crippen LogP contribution is -2.30. The second-order valence-electron chi connectivity index (χ2n) is 4.12. The Morgan fingerprint density at radius 1 is 1.47 bits per heavy atom. The molecule has 0 unspecified atom stereocenters. The smallest absolute Gasteiger partial charge is 0.266 e. The summed E-state index contributed by atoms with van der Waals surface area (Å²) in [5.41, 5.74) is 0.870. The SMILES string of the molecule is Cc1cc(NC(=O)[C@@H](C)Oc2ccccc2Cl)n[nH]1. The lowest BCUT2D eigenvalue weighted by Gasteiger charge is -2.14. The van der Waals surface area contributed by atoms with Crippen LogP contribution in [0, 0.1) is 6.92 Å². The van der Waals surface area contributed by atoms with E-state index < -0.39 is 6.10 Å². The van der Waals surface area contributed by atoms with Crippen molar-refractivity contribution in [1.29, 1.82) is 0 Å². The molecule has 19 heavy (non-hydrogen) atoms. The van der Waals surface area contributed by atoms with Gasteiger partial charge in [0.1, 0.15) is 5.75 Å². The van der Waals surface area contributed by atoms with Crippen molar-refractivity contribution >= 4 is 23.3 Å². The van der Waals surface area contributed by atoms with Crippen LogP contribution in [0.4, 0.5) is 5.82 Å². The predicted octanol–water partition coefficient (Wildman–Crippen LogP) is 2.78. The van der Waals surface area contributed by atoms with E-state index in [4.69, 9.17) is 16.3 Å². The van der Waals surface area contributed by atoms with E-state index in [-0.39, 0.29) is 5.91 Å². The van der Waals surface area contributed by atoms with Gasteiger partial charge < -0.3 is 10.1 Å². The lowest BCUT2D eigenvalue weighted by molar-refractivity contribution is -0.122. The van der Waals surface area contributed by atoms with E-state index in [1.807, 2.05) is 6.92 Å². The number of amides is 1. The van der Waals surface area contributed by atoms with Gasteiger partial charge >= 0.3 is 0 Å². The van der Waals surface area contributed by atoms with E-state index in [2.05, 4.69) is 15.5 Å². The minimum Gasteiger partial charge on any atom is -0.479 e. The summed E-state index contributed by atoms with van der Waals surface area (Å²) in [6, 6.07) is 8.75. The summed E-state index contributed by atoms with van der Waals surface area (Å²) in [4.78, 5) is 11.9. The highest BCUT2D eigenvalue weighted by Gasteiger charge is 2.16. The average molecular weight is 280 g/mol. The number of aryl methyl sites for hydroxylation is 1. The lowest BCUT2D eigenvalue weighted by atomic mass is 10.3. The first-order chi connectivity index (χ1) is 9.06. The Balaban J connectivity index is 1.98. The zero-order chi connectivity index (χ0) is 13.8. The number of ether oxygens (including phenoxy) is 1. The fourth-order valence-corrected chi connectivity index (χ4v) is 1.67. The van der Waals surface area contributed by atoms with Crippen LogP contribution in [-0.2, 0) is 4.79 Å². The Morgan fingerprint density at radius 2 is 2.21 bits per heavy atom. The van der Waals surface area contributed by atoms with Crippen LogP contribution in [0.5, 0.6) is 5.75 Å². The number of rotatable bonds is 4. The second kappa shape index (κ2) is 5.75. The zero-order valence-corrected chi connectivity index (χ0v) is 11.4. The van der Waals surface area contributed by atoms with Gasteiger partial charge in [-0.1, -0.05) is 23.7 Å². The van der Waals surface area contributed by atoms with Gasteiger partial charge in [-0.05, 0) is 26.0 Å². The number of aromatic nitrogens is 2. The van der Waals surface area contributed by atoms with Crippen molar-refractivity contribution in [3.05, 3.63) is 41.0 Å². The molecule has 2 N–H and O–H groups in total. The van der Waals surface area contributed by atoms with Crippen LogP contribution in [0.2, 0.25) is 5.02 Å². The maximum Gasteiger partial charge on any atom is 0.266 e. The van der Waals surface area contributed by atoms with E-state index in [1.54, 1.807) is 37.3 Å². The van der Waals surface area contributed by atoms with Crippen LogP contribution in [-0.4, -0.2) is 22.2 Å². The molecule has 0 aliphatic rings. The first kappa shape index (κ1) is 13.4. The molecule has 0 saturated heterocycles. The third-order valence-corrected chi connectivity index (χ3v) is 2.78. The minimum atomic E-state index is -0.670. The molecule has 0 spiro atoms. The topological polar surface area (TPSA) is 67.0 Å². The van der Waals surface area contributed by atoms with Crippen LogP contribution in [0.3, 0.4) is 0 Å². The number of hydrogen-bond acceptors (Lipinski definition) is 3. The zero-order valence-electron chi connectivity index (χ0n) is 10.6. The van der Waals surface area contributed by atoms with Crippen molar-refractivity contribution in [2.45, 2.75) is 20.0 Å². The van der Waals surface area contributed by atoms with E-state index in [0.29, 0.717) is 16.6 Å². The third-order valence-electron chi connectivity index (χ3n) is 2.47. The molecule has 0 saturated carbocycles. The van der Waals surface area contributed by atoms with Crippen LogP contribution in [0.15, 0.2) is 30.3 Å². The van der Waals surface area contributed by atoms with Gasteiger partial charge in [0.05, 0.1) is 5.02 Å². The number of benzene rings is 1. The number of nitrogens with zero attached hydrogens (tertiary/aromatic N) is 1. The predicted molar refractivity (Wildman–Crippen MR) is 73.5 cm³/mol. The first-order valence-electron chi connectivity index (χ1n) is 5.80. The van der Waals surface area contributed by atoms with Crippen LogP contribution in [0.1, 0.15) is 12.6 Å². The normalized spacial score (nSPS) is 11.9. The molecule has 6 heteroatoms. The number of para-hydroxylation sites is 1. The van der Waals surface area contributed by atoms with Gasteiger partial charge in [0.2, 0.25) is 0 Å². The fourth-order valence-electron chi connectivity index (χ4n) is 1.49. The highest BCUT2D eigenvalue weighted by Crippen LogP contribution is 2.24. The maximum atomic E-state index is 11.9. The summed E-state index contributed by atoms with van der Waals surface area (Å²) >= 11 is 5.96. The quantitative estimate of drug-likeness (QED) is 0.904. The Bertz CT molecular complexity index is 583. The Kier molecular flexibility index (Phi) is 4.06. The molecule has 1 aromatic heterocycles. The largest absolute Gasteiger partial charge is 0.479 e. The van der Waals surface area contributed by atoms with E-state index in [0.717, 1.165) is 5.69 Å². The summed E-state index contributed by atoms with van der Waals surface area (Å²) in [7, 11) is 0. The molecule has 0 aliphatic carbocycles. The minimum absolute atomic E-state index is 0.286. The molecular formula is C13H14ClN3O2. The van der Waals surface area contributed by atoms with Crippen molar-refractivity contribution < 1.29 is 9.53 Å². The molecule has 2 aromatic rings. The maximum absolute atomic E-state index is 11.9. The molecule has 0 fully saturated rings. The monoisotopic (exact) mass is 279 g/mol. The van der Waals surface area contributed by atoms with Crippen molar-refractivity contribution in [3.63, 3.8) is 0 Å². The van der Waals surface area contributed by atoms with Crippen LogP contribution < -0.4 is 10.1 Å². The highest BCUT2D eigenvalue weighted by atomic mass is 35.5. The summed E-state index contributed by atoms with van der Waals surface area (Å²) in [6.45, 7) is 3.50. The summed E-state index contributed by atoms with van der Waals surface area (Å²) in [6.07, 6.45) is -0.670. The molecule has 5 nitrogen and oxygen atoms in total. The molecule has 1 atom stereocenters. The molecule has 0 aliphatic heterocycles. The number of aromatic amines is 1. The summed E-state index contributed by atoms with van der Waals surface area (Å²) in [5.74, 6) is 0.661. The van der Waals surface area contributed by atoms with Gasteiger partial charge in [-0.25, -0.2) is 0 Å². The summed E-state index contributed by atoms with van der Waals surface area (Å²) in [5, 5.41) is 9.79. The van der Waals surface area contributed by atoms with Gasteiger partial charge in [-0.2, -0.15) is 5.10 Å². The van der Waals surface area contributed by atoms with E-state index >= 15 is 0 Å². The van der Waals surface area contributed by atoms with E-state index in [9.17, 15) is 4.79 Å². The second-order valence-corrected chi connectivity index (χ2v) is 4.52. The third kappa shape index (κ3) is 3.48. The molecular weight excluding hydrogens is 266 g/mol. The van der Waals surface area contributed by atoms with Gasteiger partial charge in [-0.15, -0.1) is 0 Å². The highest BCUT2D eigenvalue weighted by molar-refractivity contribution is 6.32. The Morgan fingerprint density at radius 3 is 2.84 bits per heavy atom. The number of H-pyrrole nitrogens is 1. The molecule has 2 rings (SSSR count). The first-order valence-corrected chi connectivity index (χ1v) is 6.18. The number of halogens is 1. The Hall–Kier alpha value is -2.01. The number of carbonyl (C=O) groups excluding carboxylic acids is 1. The molecule has 0 radical (unpaired) electrons. The van der Waals surface area contributed by atoms with Crippen LogP contribution >= 0.6 is 11.6 Å². The summed E-state index contributed by atoms with van der Waals surface area (Å²) < 4.78 is 5.50.